The zero-order chi connectivity index (χ0) is 30.1. The van der Waals surface area contributed by atoms with Crippen molar-refractivity contribution in [1.29, 1.82) is 0 Å². The van der Waals surface area contributed by atoms with Gasteiger partial charge in [0.1, 0.15) is 18.3 Å². The van der Waals surface area contributed by atoms with Gasteiger partial charge in [0.2, 0.25) is 0 Å². The van der Waals surface area contributed by atoms with Crippen LogP contribution in [-0.2, 0) is 38.1 Å². The van der Waals surface area contributed by atoms with Crippen LogP contribution in [0.3, 0.4) is 0 Å². The molecule has 0 amide bonds. The van der Waals surface area contributed by atoms with E-state index in [-0.39, 0.29) is 12.3 Å². The van der Waals surface area contributed by atoms with Crippen molar-refractivity contribution < 1.29 is 47.6 Å². The van der Waals surface area contributed by atoms with Crippen molar-refractivity contribution in [3.8, 4) is 0 Å². The Morgan fingerprint density at radius 2 is 1.78 bits per heavy atom. The molecule has 10 heteroatoms. The molecule has 3 fully saturated rings. The van der Waals surface area contributed by atoms with Gasteiger partial charge in [0.05, 0.1) is 31.7 Å². The summed E-state index contributed by atoms with van der Waals surface area (Å²) in [6.07, 6.45) is 2.32. The number of aliphatic hydroxyl groups is 1. The van der Waals surface area contributed by atoms with Gasteiger partial charge in [0, 0.05) is 54.1 Å². The Morgan fingerprint density at radius 1 is 1.10 bits per heavy atom. The van der Waals surface area contributed by atoms with Crippen LogP contribution in [0.2, 0.25) is 0 Å². The molecule has 1 aliphatic heterocycles. The van der Waals surface area contributed by atoms with E-state index in [1.165, 1.54) is 33.3 Å². The predicted octanol–water partition coefficient (Wildman–Crippen LogP) is 3.92. The maximum atomic E-state index is 13.1. The molecular formula is C31H40O10. The number of esters is 4. The smallest absolute Gasteiger partial charge is 0.331 e. The summed E-state index contributed by atoms with van der Waals surface area (Å²) in [6, 6.07) is 1.77. The number of hydrogen-bond acceptors (Lipinski definition) is 10. The van der Waals surface area contributed by atoms with E-state index in [2.05, 4.69) is 0 Å². The van der Waals surface area contributed by atoms with Crippen molar-refractivity contribution in [1.82, 2.24) is 0 Å². The minimum atomic E-state index is -1.08. The monoisotopic (exact) mass is 572 g/mol. The van der Waals surface area contributed by atoms with Crippen molar-refractivity contribution in [3.05, 3.63) is 35.8 Å². The van der Waals surface area contributed by atoms with Crippen LogP contribution in [0.5, 0.6) is 0 Å². The van der Waals surface area contributed by atoms with Crippen molar-refractivity contribution in [3.63, 3.8) is 0 Å². The number of aliphatic hydroxyl groups excluding tert-OH is 1. The molecule has 41 heavy (non-hydrogen) atoms. The Hall–Kier alpha value is -3.14. The quantitative estimate of drug-likeness (QED) is 0.408. The fraction of sp³-hybridized carbons (Fsp3) is 0.677. The molecule has 10 nitrogen and oxygen atoms in total. The van der Waals surface area contributed by atoms with E-state index in [0.717, 1.165) is 11.1 Å². The van der Waals surface area contributed by atoms with Crippen LogP contribution in [0.15, 0.2) is 34.7 Å². The first-order valence-electron chi connectivity index (χ1n) is 14.2. The van der Waals surface area contributed by atoms with Gasteiger partial charge in [-0.05, 0) is 36.3 Å². The Bertz CT molecular complexity index is 1260. The Kier molecular flexibility index (Phi) is 7.16. The number of furan rings is 1. The topological polar surface area (TPSA) is 139 Å². The third-order valence-corrected chi connectivity index (χ3v) is 10.8. The van der Waals surface area contributed by atoms with E-state index in [4.69, 9.17) is 23.4 Å². The summed E-state index contributed by atoms with van der Waals surface area (Å²) >= 11 is 0. The molecule has 5 rings (SSSR count). The van der Waals surface area contributed by atoms with Gasteiger partial charge >= 0.3 is 23.9 Å². The zero-order valence-electron chi connectivity index (χ0n) is 24.7. The molecule has 1 aromatic rings. The first kappa shape index (κ1) is 29.4. The highest BCUT2D eigenvalue weighted by molar-refractivity contribution is 5.85. The molecule has 10 atom stereocenters. The second-order valence-corrected chi connectivity index (χ2v) is 13.2. The van der Waals surface area contributed by atoms with Crippen LogP contribution in [0, 0.1) is 39.9 Å². The fourth-order valence-electron chi connectivity index (χ4n) is 9.13. The number of ether oxygens (including phenoxy) is 4. The highest BCUT2D eigenvalue weighted by Crippen LogP contribution is 2.70. The molecule has 0 aromatic carbocycles. The van der Waals surface area contributed by atoms with Gasteiger partial charge in [-0.15, -0.1) is 0 Å². The molecule has 3 saturated carbocycles. The first-order valence-corrected chi connectivity index (χ1v) is 14.2. The van der Waals surface area contributed by atoms with Crippen molar-refractivity contribution >= 4 is 23.9 Å². The van der Waals surface area contributed by atoms with Crippen LogP contribution in [-0.4, -0.2) is 54.4 Å². The first-order chi connectivity index (χ1) is 19.2. The third-order valence-electron chi connectivity index (χ3n) is 10.8. The summed E-state index contributed by atoms with van der Waals surface area (Å²) < 4.78 is 28.3. The van der Waals surface area contributed by atoms with Crippen molar-refractivity contribution in [2.45, 2.75) is 85.2 Å². The van der Waals surface area contributed by atoms with Gasteiger partial charge < -0.3 is 28.5 Å². The van der Waals surface area contributed by atoms with Gasteiger partial charge in [-0.2, -0.15) is 0 Å². The molecule has 1 aromatic heterocycles. The molecule has 224 valence electrons. The molecule has 4 aliphatic rings. The van der Waals surface area contributed by atoms with Gasteiger partial charge in [0.15, 0.2) is 0 Å². The normalized spacial score (nSPS) is 40.7. The maximum Gasteiger partial charge on any atom is 0.331 e. The van der Waals surface area contributed by atoms with Gasteiger partial charge in [-0.3, -0.25) is 14.4 Å². The molecular weight excluding hydrogens is 532 g/mol. The van der Waals surface area contributed by atoms with Crippen molar-refractivity contribution in [2.75, 3.05) is 7.11 Å². The lowest BCUT2D eigenvalue weighted by molar-refractivity contribution is -0.290. The number of methoxy groups -OCH3 is 1. The van der Waals surface area contributed by atoms with E-state index in [1.807, 2.05) is 27.7 Å². The molecule has 2 heterocycles. The number of rotatable bonds is 5. The average Bonchev–Trinajstić information content (AvgIpc) is 3.42. The molecule has 2 bridgehead atoms. The Labute approximate surface area is 239 Å². The van der Waals surface area contributed by atoms with Crippen LogP contribution in [0.1, 0.15) is 72.5 Å². The molecule has 5 unspecified atom stereocenters. The molecule has 0 radical (unpaired) electrons. The number of fused-ring (bicyclic) bond motifs is 6. The second-order valence-electron chi connectivity index (χ2n) is 13.2. The number of hydrogen-bond donors (Lipinski definition) is 1. The van der Waals surface area contributed by atoms with E-state index >= 15 is 0 Å². The lowest BCUT2D eigenvalue weighted by Crippen LogP contribution is -2.74. The summed E-state index contributed by atoms with van der Waals surface area (Å²) in [6.45, 7) is 10.5. The molecule has 1 N–H and O–H groups in total. The third kappa shape index (κ3) is 4.32. The second kappa shape index (κ2) is 10.00. The minimum absolute atomic E-state index is 0.000994. The van der Waals surface area contributed by atoms with E-state index in [1.54, 1.807) is 12.3 Å². The molecule has 3 aliphatic carbocycles. The average molecular weight is 573 g/mol. The predicted molar refractivity (Wildman–Crippen MR) is 143 cm³/mol. The van der Waals surface area contributed by atoms with Crippen LogP contribution in [0.25, 0.3) is 0 Å². The number of cyclic esters (lactones) is 1. The lowest BCUT2D eigenvalue weighted by atomic mass is 9.37. The summed E-state index contributed by atoms with van der Waals surface area (Å²) in [5, 5.41) is 12.2. The Morgan fingerprint density at radius 3 is 2.37 bits per heavy atom. The maximum absolute atomic E-state index is 13.1. The lowest BCUT2D eigenvalue weighted by Gasteiger charge is -2.69. The zero-order valence-corrected chi connectivity index (χ0v) is 24.7. The minimum Gasteiger partial charge on any atom is -0.472 e. The van der Waals surface area contributed by atoms with E-state index in [9.17, 15) is 24.3 Å². The summed E-state index contributed by atoms with van der Waals surface area (Å²) in [4.78, 5) is 51.0. The van der Waals surface area contributed by atoms with Gasteiger partial charge in [0.25, 0.3) is 0 Å². The summed E-state index contributed by atoms with van der Waals surface area (Å²) in [5.74, 6) is -4.10. The van der Waals surface area contributed by atoms with Gasteiger partial charge in [-0.1, -0.05) is 27.7 Å². The van der Waals surface area contributed by atoms with Crippen LogP contribution in [0.4, 0.5) is 0 Å². The molecule has 0 saturated heterocycles. The van der Waals surface area contributed by atoms with Crippen LogP contribution >= 0.6 is 0 Å². The largest absolute Gasteiger partial charge is 0.472 e. The number of carbonyl (C=O) groups is 4. The van der Waals surface area contributed by atoms with E-state index < -0.39 is 82.3 Å². The van der Waals surface area contributed by atoms with E-state index in [0.29, 0.717) is 12.8 Å². The fourth-order valence-corrected chi connectivity index (χ4v) is 9.13. The standard InChI is InChI=1S/C31H40O10/c1-15(32)39-25-23-18(8-10-30(5)19(23)12-22(35)41-27(30)17-9-11-38-14-17)31(6)20(13-21(34)37-7)29(3,4)28(40-16(2)33)24(25)26(31)36/h9,11-12,14,18,20,23-28,36H,8,10,13H2,1-7H3/t18?,20?,23?,24-,25+,26?,27+,28?,30-,31-/m1/s1. The molecule has 0 spiro atoms. The number of carbonyl (C=O) groups excluding carboxylic acids is 4. The Balaban J connectivity index is 1.73. The van der Waals surface area contributed by atoms with Gasteiger partial charge in [-0.25, -0.2) is 4.79 Å². The summed E-state index contributed by atoms with van der Waals surface area (Å²) in [7, 11) is 1.32. The highest BCUT2D eigenvalue weighted by Gasteiger charge is 2.73. The van der Waals surface area contributed by atoms with Crippen molar-refractivity contribution in [2.24, 2.45) is 39.9 Å². The SMILES string of the molecule is COC(=O)CC1C(C)(C)C(OC(C)=O)[C@H]2C(O)[C@]1(C)C1CC[C@]3(C)C(=CC(=O)O[C@H]3c3ccoc3)C1[C@@H]2OC(C)=O. The highest BCUT2D eigenvalue weighted by atomic mass is 16.6. The summed E-state index contributed by atoms with van der Waals surface area (Å²) in [5.41, 5.74) is -0.854. The van der Waals surface area contributed by atoms with Crippen LogP contribution < -0.4 is 0 Å².